The molecule has 1 aliphatic rings. The predicted octanol–water partition coefficient (Wildman–Crippen LogP) is 3.66. The first-order valence-electron chi connectivity index (χ1n) is 13.0. The van der Waals surface area contributed by atoms with Gasteiger partial charge in [-0.05, 0) is 62.6 Å². The molecule has 0 unspecified atom stereocenters. The van der Waals surface area contributed by atoms with Crippen molar-refractivity contribution in [3.05, 3.63) is 109 Å². The third-order valence-corrected chi connectivity index (χ3v) is 7.24. The fourth-order valence-electron chi connectivity index (χ4n) is 5.01. The van der Waals surface area contributed by atoms with Gasteiger partial charge in [-0.25, -0.2) is 14.2 Å². The van der Waals surface area contributed by atoms with Gasteiger partial charge in [-0.15, -0.1) is 0 Å². The molecule has 1 fully saturated rings. The maximum absolute atomic E-state index is 14.9. The molecule has 41 heavy (non-hydrogen) atoms. The molecule has 0 radical (unpaired) electrons. The van der Waals surface area contributed by atoms with Gasteiger partial charge in [0.1, 0.15) is 22.7 Å². The summed E-state index contributed by atoms with van der Waals surface area (Å²) in [7, 11) is 1.49. The van der Waals surface area contributed by atoms with Crippen molar-refractivity contribution < 1.29 is 9.18 Å². The van der Waals surface area contributed by atoms with Crippen molar-refractivity contribution in [2.75, 3.05) is 10.6 Å². The molecule has 1 amide bonds. The maximum Gasteiger partial charge on any atom is 0.336 e. The van der Waals surface area contributed by atoms with Gasteiger partial charge in [0, 0.05) is 24.3 Å². The average molecular weight is 556 g/mol. The fraction of sp³-hybridized carbons (Fsp3) is 0.207. The number of amides is 1. The van der Waals surface area contributed by atoms with Gasteiger partial charge in [0.25, 0.3) is 17.0 Å². The second-order valence-electron chi connectivity index (χ2n) is 10.2. The summed E-state index contributed by atoms with van der Waals surface area (Å²) >= 11 is 0. The zero-order chi connectivity index (χ0) is 29.0. The standard InChI is InChI=1S/C29H26FN7O4/c1-15-7-10-21(20(30)11-15)34-25-23-24(16(2)27(39)35(25)3)36(29(41)37(28(23)40)18-8-9-18)19-6-4-5-17(12-19)33-26(38)22-13-31-14-32-22/h4-7,10-14,18,34H,8-9H2,1-3H3,(H,31,32)(H,33,38). The van der Waals surface area contributed by atoms with Crippen LogP contribution in [0.3, 0.4) is 0 Å². The van der Waals surface area contributed by atoms with Crippen LogP contribution >= 0.6 is 0 Å². The SMILES string of the molecule is Cc1ccc(Nc2c3c(=O)n(C4CC4)c(=O)n(-c4cccc(NC(=O)c5cnc[nH]5)c4)c3c(C)c(=O)n2C)c(F)c1. The number of aromatic amines is 1. The van der Waals surface area contributed by atoms with Gasteiger partial charge in [0.15, 0.2) is 0 Å². The van der Waals surface area contributed by atoms with E-state index in [9.17, 15) is 23.6 Å². The number of nitrogens with zero attached hydrogens (tertiary/aromatic N) is 4. The third-order valence-electron chi connectivity index (χ3n) is 7.24. The summed E-state index contributed by atoms with van der Waals surface area (Å²) in [6, 6.07) is 10.8. The van der Waals surface area contributed by atoms with E-state index in [1.807, 2.05) is 0 Å². The van der Waals surface area contributed by atoms with Gasteiger partial charge in [-0.2, -0.15) is 0 Å². The third kappa shape index (κ3) is 4.42. The summed E-state index contributed by atoms with van der Waals surface area (Å²) in [5, 5.41) is 5.78. The van der Waals surface area contributed by atoms with E-state index < -0.39 is 28.5 Å². The number of benzene rings is 2. The van der Waals surface area contributed by atoms with Crippen LogP contribution in [0.1, 0.15) is 40.5 Å². The highest BCUT2D eigenvalue weighted by molar-refractivity contribution is 6.03. The van der Waals surface area contributed by atoms with Crippen molar-refractivity contribution in [1.29, 1.82) is 0 Å². The number of anilines is 3. The second-order valence-corrected chi connectivity index (χ2v) is 10.2. The Hall–Kier alpha value is -5.26. The Morgan fingerprint density at radius 1 is 1.07 bits per heavy atom. The van der Waals surface area contributed by atoms with Crippen LogP contribution in [0.2, 0.25) is 0 Å². The number of pyridine rings is 1. The Kier molecular flexibility index (Phi) is 6.17. The fourth-order valence-corrected chi connectivity index (χ4v) is 5.01. The molecule has 0 atom stereocenters. The highest BCUT2D eigenvalue weighted by atomic mass is 19.1. The minimum atomic E-state index is -0.606. The summed E-state index contributed by atoms with van der Waals surface area (Å²) in [5.41, 5.74) is 0.384. The van der Waals surface area contributed by atoms with Crippen molar-refractivity contribution in [1.82, 2.24) is 23.7 Å². The number of rotatable bonds is 6. The molecular weight excluding hydrogens is 529 g/mol. The summed E-state index contributed by atoms with van der Waals surface area (Å²) in [6.07, 6.45) is 4.07. The Balaban J connectivity index is 1.62. The summed E-state index contributed by atoms with van der Waals surface area (Å²) in [5.74, 6) is -0.922. The predicted molar refractivity (Wildman–Crippen MR) is 153 cm³/mol. The zero-order valence-electron chi connectivity index (χ0n) is 22.5. The molecule has 1 saturated carbocycles. The second kappa shape index (κ2) is 9.73. The number of imidazole rings is 1. The molecule has 1 aliphatic carbocycles. The monoisotopic (exact) mass is 555 g/mol. The molecule has 2 aromatic carbocycles. The largest absolute Gasteiger partial charge is 0.341 e. The molecule has 11 nitrogen and oxygen atoms in total. The molecular formula is C29H26FN7O4. The van der Waals surface area contributed by atoms with Crippen molar-refractivity contribution in [2.45, 2.75) is 32.7 Å². The molecule has 0 aliphatic heterocycles. The van der Waals surface area contributed by atoms with Crippen molar-refractivity contribution >= 4 is 34.0 Å². The van der Waals surface area contributed by atoms with E-state index in [-0.39, 0.29) is 39.7 Å². The molecule has 3 N–H and O–H groups in total. The normalized spacial score (nSPS) is 13.0. The zero-order valence-corrected chi connectivity index (χ0v) is 22.5. The van der Waals surface area contributed by atoms with E-state index in [4.69, 9.17) is 0 Å². The van der Waals surface area contributed by atoms with Gasteiger partial charge in [0.05, 0.1) is 29.4 Å². The van der Waals surface area contributed by atoms with Crippen LogP contribution in [0.15, 0.2) is 69.4 Å². The molecule has 0 bridgehead atoms. The smallest absolute Gasteiger partial charge is 0.336 e. The number of carbonyl (C=O) groups is 1. The van der Waals surface area contributed by atoms with E-state index in [1.165, 1.54) is 45.4 Å². The highest BCUT2D eigenvalue weighted by Gasteiger charge is 2.31. The van der Waals surface area contributed by atoms with Crippen LogP contribution in [0, 0.1) is 19.7 Å². The van der Waals surface area contributed by atoms with Crippen LogP contribution in [0.25, 0.3) is 16.6 Å². The first kappa shape index (κ1) is 26.0. The molecule has 0 spiro atoms. The van der Waals surface area contributed by atoms with E-state index in [0.717, 1.165) is 0 Å². The minimum Gasteiger partial charge on any atom is -0.341 e. The van der Waals surface area contributed by atoms with Gasteiger partial charge < -0.3 is 15.6 Å². The molecule has 208 valence electrons. The van der Waals surface area contributed by atoms with Crippen molar-refractivity contribution in [3.8, 4) is 5.69 Å². The van der Waals surface area contributed by atoms with E-state index in [0.29, 0.717) is 29.8 Å². The van der Waals surface area contributed by atoms with Crippen LogP contribution in [0.4, 0.5) is 21.6 Å². The quantitative estimate of drug-likeness (QED) is 0.293. The number of nitrogens with one attached hydrogen (secondary N) is 3. The molecule has 5 aromatic rings. The number of fused-ring (bicyclic) bond motifs is 1. The number of aryl methyl sites for hydroxylation is 2. The van der Waals surface area contributed by atoms with E-state index in [1.54, 1.807) is 44.2 Å². The highest BCUT2D eigenvalue weighted by Crippen LogP contribution is 2.34. The first-order valence-corrected chi connectivity index (χ1v) is 13.0. The molecule has 6 rings (SSSR count). The molecule has 0 saturated heterocycles. The number of H-pyrrole nitrogens is 1. The summed E-state index contributed by atoms with van der Waals surface area (Å²) in [4.78, 5) is 60.6. The number of halogens is 1. The van der Waals surface area contributed by atoms with Gasteiger partial charge >= 0.3 is 5.69 Å². The Labute approximate surface area is 231 Å². The Morgan fingerprint density at radius 2 is 1.85 bits per heavy atom. The Morgan fingerprint density at radius 3 is 2.54 bits per heavy atom. The lowest BCUT2D eigenvalue weighted by atomic mass is 10.1. The van der Waals surface area contributed by atoms with E-state index in [2.05, 4.69) is 20.6 Å². The van der Waals surface area contributed by atoms with E-state index >= 15 is 0 Å². The number of carbonyl (C=O) groups excluding carboxylic acids is 1. The first-order chi connectivity index (χ1) is 19.7. The lowest BCUT2D eigenvalue weighted by molar-refractivity contribution is 0.102. The van der Waals surface area contributed by atoms with Crippen LogP contribution in [-0.4, -0.2) is 29.6 Å². The van der Waals surface area contributed by atoms with Crippen LogP contribution in [0.5, 0.6) is 0 Å². The lowest BCUT2D eigenvalue weighted by Gasteiger charge is -2.21. The topological polar surface area (TPSA) is 136 Å². The number of hydrogen-bond donors (Lipinski definition) is 3. The summed E-state index contributed by atoms with van der Waals surface area (Å²) < 4.78 is 18.7. The number of aromatic nitrogens is 5. The molecule has 12 heteroatoms. The van der Waals surface area contributed by atoms with Crippen molar-refractivity contribution in [3.63, 3.8) is 0 Å². The van der Waals surface area contributed by atoms with Crippen molar-refractivity contribution in [2.24, 2.45) is 7.05 Å². The average Bonchev–Trinajstić information content (AvgIpc) is 3.61. The van der Waals surface area contributed by atoms with Crippen LogP contribution in [-0.2, 0) is 7.05 Å². The van der Waals surface area contributed by atoms with Gasteiger partial charge in [0.2, 0.25) is 0 Å². The summed E-state index contributed by atoms with van der Waals surface area (Å²) in [6.45, 7) is 3.30. The maximum atomic E-state index is 14.9. The minimum absolute atomic E-state index is 0.0650. The lowest BCUT2D eigenvalue weighted by Crippen LogP contribution is -2.41. The van der Waals surface area contributed by atoms with Gasteiger partial charge in [-0.3, -0.25) is 28.1 Å². The van der Waals surface area contributed by atoms with Crippen LogP contribution < -0.4 is 27.4 Å². The molecule has 3 aromatic heterocycles. The Bertz CT molecular complexity index is 2040. The molecule has 3 heterocycles. The number of hydrogen-bond acceptors (Lipinski definition) is 6. The van der Waals surface area contributed by atoms with Gasteiger partial charge in [-0.1, -0.05) is 12.1 Å².